The summed E-state index contributed by atoms with van der Waals surface area (Å²) in [5, 5.41) is 10.8. The van der Waals surface area contributed by atoms with E-state index in [0.717, 1.165) is 16.8 Å². The SMILES string of the molecule is CO[C@@H](C(=O)N[C@H](C)c1ccc(-n2ccnn2)cc1)c1ccccc1. The zero-order valence-corrected chi connectivity index (χ0v) is 14.2. The van der Waals surface area contributed by atoms with Gasteiger partial charge in [-0.05, 0) is 30.2 Å². The normalized spacial score (nSPS) is 13.2. The fourth-order valence-electron chi connectivity index (χ4n) is 2.66. The van der Waals surface area contributed by atoms with Gasteiger partial charge in [-0.3, -0.25) is 4.79 Å². The van der Waals surface area contributed by atoms with Gasteiger partial charge in [0.2, 0.25) is 0 Å². The standard InChI is InChI=1S/C19H20N4O2/c1-14(15-8-10-17(11-9-15)23-13-12-20-22-23)21-19(24)18(25-2)16-6-4-3-5-7-16/h3-14,18H,1-2H3,(H,21,24)/t14-,18-/m1/s1. The molecule has 0 bridgehead atoms. The molecule has 2 atom stereocenters. The minimum Gasteiger partial charge on any atom is -0.367 e. The molecule has 3 rings (SSSR count). The molecule has 1 N–H and O–H groups in total. The lowest BCUT2D eigenvalue weighted by atomic mass is 10.1. The van der Waals surface area contributed by atoms with E-state index in [1.807, 2.05) is 61.5 Å². The molecule has 0 aliphatic rings. The number of carbonyl (C=O) groups is 1. The zero-order valence-electron chi connectivity index (χ0n) is 14.2. The molecule has 0 radical (unpaired) electrons. The molecule has 2 aromatic carbocycles. The molecule has 6 heteroatoms. The molecule has 0 unspecified atom stereocenters. The molecule has 0 spiro atoms. The average Bonchev–Trinajstić information content (AvgIpc) is 3.18. The van der Waals surface area contributed by atoms with E-state index in [0.29, 0.717) is 0 Å². The van der Waals surface area contributed by atoms with Crippen LogP contribution in [0.4, 0.5) is 0 Å². The van der Waals surface area contributed by atoms with Gasteiger partial charge in [0.05, 0.1) is 24.1 Å². The lowest BCUT2D eigenvalue weighted by Crippen LogP contribution is -2.32. The molecule has 0 aliphatic heterocycles. The van der Waals surface area contributed by atoms with Crippen LogP contribution < -0.4 is 5.32 Å². The number of methoxy groups -OCH3 is 1. The van der Waals surface area contributed by atoms with Crippen LogP contribution >= 0.6 is 0 Å². The second-order valence-electron chi connectivity index (χ2n) is 5.70. The van der Waals surface area contributed by atoms with E-state index in [1.54, 1.807) is 17.1 Å². The van der Waals surface area contributed by atoms with Gasteiger partial charge in [-0.25, -0.2) is 4.68 Å². The Hall–Kier alpha value is -2.99. The fourth-order valence-corrected chi connectivity index (χ4v) is 2.66. The van der Waals surface area contributed by atoms with E-state index in [2.05, 4.69) is 15.6 Å². The summed E-state index contributed by atoms with van der Waals surface area (Å²) in [7, 11) is 1.54. The molecule has 0 saturated carbocycles. The maximum atomic E-state index is 12.6. The van der Waals surface area contributed by atoms with Crippen molar-refractivity contribution < 1.29 is 9.53 Å². The number of rotatable bonds is 6. The Balaban J connectivity index is 1.68. The molecule has 3 aromatic rings. The molecule has 0 aliphatic carbocycles. The second kappa shape index (κ2) is 7.72. The van der Waals surface area contributed by atoms with Crippen LogP contribution in [0.2, 0.25) is 0 Å². The van der Waals surface area contributed by atoms with Gasteiger partial charge >= 0.3 is 0 Å². The van der Waals surface area contributed by atoms with Crippen LogP contribution in [0.5, 0.6) is 0 Å². The Morgan fingerprint density at radius 1 is 1.08 bits per heavy atom. The van der Waals surface area contributed by atoms with E-state index >= 15 is 0 Å². The van der Waals surface area contributed by atoms with Gasteiger partial charge in [-0.2, -0.15) is 0 Å². The first kappa shape index (κ1) is 16.9. The first-order chi connectivity index (χ1) is 12.2. The molecule has 1 aromatic heterocycles. The zero-order chi connectivity index (χ0) is 17.6. The highest BCUT2D eigenvalue weighted by Crippen LogP contribution is 2.20. The Bertz CT molecular complexity index is 801. The summed E-state index contributed by atoms with van der Waals surface area (Å²) in [6.07, 6.45) is 2.78. The Labute approximate surface area is 146 Å². The van der Waals surface area contributed by atoms with Crippen molar-refractivity contribution in [1.82, 2.24) is 20.3 Å². The second-order valence-corrected chi connectivity index (χ2v) is 5.70. The molecular weight excluding hydrogens is 316 g/mol. The number of amides is 1. The highest BCUT2D eigenvalue weighted by Gasteiger charge is 2.21. The van der Waals surface area contributed by atoms with Crippen LogP contribution in [0.3, 0.4) is 0 Å². The number of aromatic nitrogens is 3. The van der Waals surface area contributed by atoms with Crippen molar-refractivity contribution in [2.45, 2.75) is 19.1 Å². The van der Waals surface area contributed by atoms with Gasteiger partial charge in [-0.1, -0.05) is 47.7 Å². The summed E-state index contributed by atoms with van der Waals surface area (Å²) in [4.78, 5) is 12.6. The number of nitrogens with zero attached hydrogens (tertiary/aromatic N) is 3. The van der Waals surface area contributed by atoms with Gasteiger partial charge < -0.3 is 10.1 Å². The fraction of sp³-hybridized carbons (Fsp3) is 0.211. The van der Waals surface area contributed by atoms with Crippen molar-refractivity contribution >= 4 is 5.91 Å². The van der Waals surface area contributed by atoms with Crippen LogP contribution in [0.15, 0.2) is 67.0 Å². The van der Waals surface area contributed by atoms with Crippen molar-refractivity contribution in [3.63, 3.8) is 0 Å². The van der Waals surface area contributed by atoms with Crippen molar-refractivity contribution in [2.75, 3.05) is 7.11 Å². The van der Waals surface area contributed by atoms with E-state index in [-0.39, 0.29) is 11.9 Å². The van der Waals surface area contributed by atoms with Gasteiger partial charge in [0.25, 0.3) is 5.91 Å². The highest BCUT2D eigenvalue weighted by atomic mass is 16.5. The van der Waals surface area contributed by atoms with Crippen molar-refractivity contribution in [2.24, 2.45) is 0 Å². The third kappa shape index (κ3) is 3.92. The summed E-state index contributed by atoms with van der Waals surface area (Å²) < 4.78 is 7.06. The average molecular weight is 336 g/mol. The monoisotopic (exact) mass is 336 g/mol. The van der Waals surface area contributed by atoms with E-state index in [4.69, 9.17) is 4.74 Å². The molecule has 1 amide bonds. The summed E-state index contributed by atoms with van der Waals surface area (Å²) in [5.74, 6) is -0.165. The topological polar surface area (TPSA) is 69.0 Å². The molecule has 6 nitrogen and oxygen atoms in total. The molecule has 1 heterocycles. The Morgan fingerprint density at radius 2 is 1.80 bits per heavy atom. The molecule has 0 saturated heterocycles. The van der Waals surface area contributed by atoms with Gasteiger partial charge in [0, 0.05) is 7.11 Å². The van der Waals surface area contributed by atoms with Gasteiger partial charge in [0.15, 0.2) is 6.10 Å². The predicted octanol–water partition coefficient (Wildman–Crippen LogP) is 2.83. The van der Waals surface area contributed by atoms with Crippen LogP contribution in [0.25, 0.3) is 5.69 Å². The van der Waals surface area contributed by atoms with E-state index < -0.39 is 6.10 Å². The van der Waals surface area contributed by atoms with Crippen LogP contribution in [0.1, 0.15) is 30.2 Å². The summed E-state index contributed by atoms with van der Waals surface area (Å²) in [6, 6.07) is 17.1. The third-order valence-corrected chi connectivity index (χ3v) is 4.02. The summed E-state index contributed by atoms with van der Waals surface area (Å²) in [6.45, 7) is 1.94. The maximum absolute atomic E-state index is 12.6. The van der Waals surface area contributed by atoms with Crippen molar-refractivity contribution in [3.05, 3.63) is 78.1 Å². The van der Waals surface area contributed by atoms with Crippen molar-refractivity contribution in [1.29, 1.82) is 0 Å². The first-order valence-corrected chi connectivity index (χ1v) is 8.04. The van der Waals surface area contributed by atoms with Gasteiger partial charge in [0.1, 0.15) is 0 Å². The molecule has 0 fully saturated rings. The number of hydrogen-bond donors (Lipinski definition) is 1. The smallest absolute Gasteiger partial charge is 0.254 e. The van der Waals surface area contributed by atoms with Crippen LogP contribution in [0, 0.1) is 0 Å². The summed E-state index contributed by atoms with van der Waals surface area (Å²) >= 11 is 0. The van der Waals surface area contributed by atoms with E-state index in [1.165, 1.54) is 7.11 Å². The van der Waals surface area contributed by atoms with Gasteiger partial charge in [-0.15, -0.1) is 5.10 Å². The maximum Gasteiger partial charge on any atom is 0.254 e. The summed E-state index contributed by atoms with van der Waals surface area (Å²) in [5.41, 5.74) is 2.75. The number of ether oxygens (including phenoxy) is 1. The first-order valence-electron chi connectivity index (χ1n) is 8.04. The van der Waals surface area contributed by atoms with Crippen LogP contribution in [-0.4, -0.2) is 28.0 Å². The molecular formula is C19H20N4O2. The molecule has 128 valence electrons. The predicted molar refractivity (Wildman–Crippen MR) is 94.1 cm³/mol. The largest absolute Gasteiger partial charge is 0.367 e. The number of carbonyl (C=O) groups excluding carboxylic acids is 1. The minimum atomic E-state index is -0.627. The Morgan fingerprint density at radius 3 is 2.40 bits per heavy atom. The van der Waals surface area contributed by atoms with E-state index in [9.17, 15) is 4.79 Å². The highest BCUT2D eigenvalue weighted by molar-refractivity contribution is 5.82. The minimum absolute atomic E-state index is 0.140. The number of hydrogen-bond acceptors (Lipinski definition) is 4. The van der Waals surface area contributed by atoms with Crippen LogP contribution in [-0.2, 0) is 9.53 Å². The lowest BCUT2D eigenvalue weighted by Gasteiger charge is -2.20. The quantitative estimate of drug-likeness (QED) is 0.751. The molecule has 25 heavy (non-hydrogen) atoms. The third-order valence-electron chi connectivity index (χ3n) is 4.02. The number of benzene rings is 2. The Kier molecular flexibility index (Phi) is 5.20. The lowest BCUT2D eigenvalue weighted by molar-refractivity contribution is -0.132. The number of nitrogens with one attached hydrogen (secondary N) is 1. The van der Waals surface area contributed by atoms with Crippen molar-refractivity contribution in [3.8, 4) is 5.69 Å².